The number of hydrogen-bond acceptors (Lipinski definition) is 27. The Labute approximate surface area is 372 Å². The average Bonchev–Trinajstić information content (AvgIpc) is 4.01. The van der Waals surface area contributed by atoms with Crippen LogP contribution in [-0.2, 0) is 48.2 Å². The van der Waals surface area contributed by atoms with Gasteiger partial charge in [-0.1, -0.05) is 10.4 Å². The van der Waals surface area contributed by atoms with E-state index in [4.69, 9.17) is 43.6 Å². The van der Waals surface area contributed by atoms with Gasteiger partial charge in [-0.2, -0.15) is 0 Å². The molecule has 4 saturated heterocycles. The molecule has 20 atom stereocenters. The lowest BCUT2D eigenvalue weighted by Gasteiger charge is -2.45. The van der Waals surface area contributed by atoms with Crippen molar-refractivity contribution in [2.75, 3.05) is 26.4 Å². The highest BCUT2D eigenvalue weighted by atomic mass is 16.7. The van der Waals surface area contributed by atoms with Crippen LogP contribution in [0.25, 0.3) is 0 Å². The summed E-state index contributed by atoms with van der Waals surface area (Å²) in [5.41, 5.74) is 6.97. The standard InChI is InChI=1S/C37H55N7O22/c38-4-13-1-16(59-11-14-5-43(41-39-14)34-28(55)26(53)32(20(9-47)61-34)65-36-30(57)24(51)22(49)18(7-45)63-36)3-17(2-13)60-12-15-6-44(42-40-15)35-29(56)27(54)33(21(10-48)62-35)66-37-31(58)25(52)23(50)19(8-46)64-37/h1-3,5-6,18-37,45-58H,4,7-12,38H2/t18-,19-,20-,21-,22+,23+,24+,25+,26-,27-,28-,29-,30-,31-,32-,33-,34-,35-,36+,37+/m1/s1. The smallest absolute Gasteiger partial charge is 0.187 e. The van der Waals surface area contributed by atoms with Crippen LogP contribution in [-0.4, -0.2) is 238 Å². The number of aliphatic hydroxyl groups is 14. The Morgan fingerprint density at radius 2 is 0.879 bits per heavy atom. The van der Waals surface area contributed by atoms with Crippen LogP contribution >= 0.6 is 0 Å². The summed E-state index contributed by atoms with van der Waals surface area (Å²) in [6.07, 6.45) is -29.5. The Hall–Kier alpha value is -3.74. The Morgan fingerprint density at radius 3 is 1.24 bits per heavy atom. The van der Waals surface area contributed by atoms with Crippen LogP contribution in [0, 0.1) is 0 Å². The van der Waals surface area contributed by atoms with Gasteiger partial charge in [0.1, 0.15) is 134 Å². The van der Waals surface area contributed by atoms with Gasteiger partial charge in [-0.15, -0.1) is 10.2 Å². The first kappa shape index (κ1) is 50.1. The van der Waals surface area contributed by atoms with E-state index in [1.807, 2.05) is 0 Å². The molecule has 6 heterocycles. The minimum Gasteiger partial charge on any atom is -0.487 e. The van der Waals surface area contributed by atoms with E-state index in [-0.39, 0.29) is 42.6 Å². The van der Waals surface area contributed by atoms with E-state index in [9.17, 15) is 71.5 Å². The molecule has 7 rings (SSSR count). The van der Waals surface area contributed by atoms with Crippen LogP contribution in [0.4, 0.5) is 0 Å². The molecule has 16 N–H and O–H groups in total. The van der Waals surface area contributed by atoms with Gasteiger partial charge < -0.3 is 115 Å². The second kappa shape index (κ2) is 21.7. The number of rotatable bonds is 17. The van der Waals surface area contributed by atoms with Crippen LogP contribution in [0.15, 0.2) is 30.6 Å². The average molecular weight is 950 g/mol. The number of aliphatic hydroxyl groups excluding tert-OH is 14. The molecule has 370 valence electrons. The van der Waals surface area contributed by atoms with Crippen molar-refractivity contribution in [3.63, 3.8) is 0 Å². The highest BCUT2D eigenvalue weighted by molar-refractivity contribution is 5.38. The largest absolute Gasteiger partial charge is 0.487 e. The monoisotopic (exact) mass is 949 g/mol. The van der Waals surface area contributed by atoms with Crippen molar-refractivity contribution >= 4 is 0 Å². The van der Waals surface area contributed by atoms with E-state index in [0.717, 1.165) is 9.36 Å². The Kier molecular flexibility index (Phi) is 16.5. The maximum absolute atomic E-state index is 11.0. The molecule has 1 aromatic carbocycles. The molecule has 0 spiro atoms. The second-order valence-corrected chi connectivity index (χ2v) is 16.0. The predicted octanol–water partition coefficient (Wildman–Crippen LogP) is -8.92. The summed E-state index contributed by atoms with van der Waals surface area (Å²) < 4.78 is 47.5. The first-order chi connectivity index (χ1) is 31.6. The molecule has 0 unspecified atom stereocenters. The molecule has 4 aliphatic heterocycles. The van der Waals surface area contributed by atoms with Gasteiger partial charge in [0, 0.05) is 12.6 Å². The van der Waals surface area contributed by atoms with Crippen molar-refractivity contribution < 1.29 is 109 Å². The number of nitrogens with zero attached hydrogens (tertiary/aromatic N) is 6. The van der Waals surface area contributed by atoms with Crippen molar-refractivity contribution in [1.82, 2.24) is 30.0 Å². The maximum atomic E-state index is 11.0. The van der Waals surface area contributed by atoms with E-state index in [2.05, 4.69) is 20.6 Å². The fraction of sp³-hybridized carbons (Fsp3) is 0.730. The van der Waals surface area contributed by atoms with E-state index in [1.54, 1.807) is 12.1 Å². The molecule has 0 bridgehead atoms. The van der Waals surface area contributed by atoms with E-state index >= 15 is 0 Å². The van der Waals surface area contributed by atoms with Gasteiger partial charge in [0.2, 0.25) is 0 Å². The molecule has 0 saturated carbocycles. The normalized spacial score (nSPS) is 39.7. The molecular weight excluding hydrogens is 894 g/mol. The zero-order valence-electron chi connectivity index (χ0n) is 34.7. The molecule has 4 aliphatic rings. The van der Waals surface area contributed by atoms with Gasteiger partial charge in [0.15, 0.2) is 25.0 Å². The Bertz CT molecular complexity index is 1860. The van der Waals surface area contributed by atoms with E-state index in [0.29, 0.717) is 5.56 Å². The highest BCUT2D eigenvalue weighted by Gasteiger charge is 2.53. The maximum Gasteiger partial charge on any atom is 0.187 e. The van der Waals surface area contributed by atoms with Gasteiger partial charge in [-0.3, -0.25) is 0 Å². The van der Waals surface area contributed by atoms with Crippen molar-refractivity contribution in [3.8, 4) is 11.5 Å². The molecule has 29 nitrogen and oxygen atoms in total. The van der Waals surface area contributed by atoms with Crippen molar-refractivity contribution in [2.24, 2.45) is 5.73 Å². The zero-order chi connectivity index (χ0) is 47.6. The molecule has 4 fully saturated rings. The third kappa shape index (κ3) is 10.5. The molecule has 0 radical (unpaired) electrons. The minimum atomic E-state index is -1.83. The first-order valence-corrected chi connectivity index (χ1v) is 20.7. The number of nitrogens with two attached hydrogens (primary N) is 1. The van der Waals surface area contributed by atoms with Crippen molar-refractivity contribution in [1.29, 1.82) is 0 Å². The molecule has 0 amide bonds. The summed E-state index contributed by atoms with van der Waals surface area (Å²) in [6.45, 7) is -3.27. The van der Waals surface area contributed by atoms with Crippen LogP contribution in [0.1, 0.15) is 29.4 Å². The fourth-order valence-electron chi connectivity index (χ4n) is 7.81. The summed E-state index contributed by atoms with van der Waals surface area (Å²) in [4.78, 5) is 0. The molecule has 2 aromatic heterocycles. The van der Waals surface area contributed by atoms with Crippen LogP contribution in [0.3, 0.4) is 0 Å². The van der Waals surface area contributed by atoms with Crippen LogP contribution in [0.2, 0.25) is 0 Å². The van der Waals surface area contributed by atoms with Crippen LogP contribution < -0.4 is 15.2 Å². The summed E-state index contributed by atoms with van der Waals surface area (Å²) in [7, 11) is 0. The van der Waals surface area contributed by atoms with Gasteiger partial charge >= 0.3 is 0 Å². The van der Waals surface area contributed by atoms with Crippen LogP contribution in [0.5, 0.6) is 11.5 Å². The second-order valence-electron chi connectivity index (χ2n) is 16.0. The first-order valence-electron chi connectivity index (χ1n) is 20.7. The summed E-state index contributed by atoms with van der Waals surface area (Å²) >= 11 is 0. The fourth-order valence-corrected chi connectivity index (χ4v) is 7.81. The quantitative estimate of drug-likeness (QED) is 0.0597. The Morgan fingerprint density at radius 1 is 0.485 bits per heavy atom. The van der Waals surface area contributed by atoms with Crippen molar-refractivity contribution in [3.05, 3.63) is 47.5 Å². The third-order valence-corrected chi connectivity index (χ3v) is 11.5. The molecule has 66 heavy (non-hydrogen) atoms. The lowest BCUT2D eigenvalue weighted by Crippen LogP contribution is -2.63. The molecule has 3 aromatic rings. The molecule has 0 aliphatic carbocycles. The number of ether oxygens (including phenoxy) is 8. The number of hydrogen-bond donors (Lipinski definition) is 15. The van der Waals surface area contributed by atoms with Gasteiger partial charge in [-0.05, 0) is 17.7 Å². The van der Waals surface area contributed by atoms with Gasteiger partial charge in [0.25, 0.3) is 0 Å². The SMILES string of the molecule is NCc1cc(OCc2cn([C@@H]3O[C@H](CO)[C@@H](O[C@@H]4O[C@H](CO)[C@H](O)[C@H](O)[C@H]4O)[C@H](O)[C@H]3O)nn2)cc(OCc2cn([C@@H]3O[C@H](CO)[C@@H](O[C@@H]4O[C@H](CO)[C@H](O)[C@H](O)[C@H]4O)[C@H](O)[C@H]3O)nn2)c1. The Balaban J connectivity index is 0.938. The van der Waals surface area contributed by atoms with E-state index < -0.39 is 149 Å². The summed E-state index contributed by atoms with van der Waals surface area (Å²) in [5, 5.41) is 160. The highest BCUT2D eigenvalue weighted by Crippen LogP contribution is 2.35. The zero-order valence-corrected chi connectivity index (χ0v) is 34.7. The predicted molar refractivity (Wildman–Crippen MR) is 206 cm³/mol. The molecular formula is C37H55N7O22. The van der Waals surface area contributed by atoms with Gasteiger partial charge in [-0.25, -0.2) is 9.36 Å². The van der Waals surface area contributed by atoms with E-state index in [1.165, 1.54) is 18.5 Å². The third-order valence-electron chi connectivity index (χ3n) is 11.5. The van der Waals surface area contributed by atoms with Gasteiger partial charge in [0.05, 0.1) is 38.8 Å². The number of aromatic nitrogens is 6. The lowest BCUT2D eigenvalue weighted by molar-refractivity contribution is -0.347. The molecule has 29 heteroatoms. The van der Waals surface area contributed by atoms with Crippen molar-refractivity contribution in [2.45, 2.75) is 142 Å². The summed E-state index contributed by atoms with van der Waals surface area (Å²) in [6, 6.07) is 4.81. The lowest BCUT2D eigenvalue weighted by atomic mass is 9.96. The minimum absolute atomic E-state index is 0.0820. The summed E-state index contributed by atoms with van der Waals surface area (Å²) in [5.74, 6) is 0.569. The number of benzene rings is 1. The topological polar surface area (TPSA) is 445 Å².